The Balaban J connectivity index is 1.15. The van der Waals surface area contributed by atoms with Crippen LogP contribution in [-0.2, 0) is 16.1 Å². The number of likely N-dealkylation sites (tertiary alicyclic amines) is 2. The van der Waals surface area contributed by atoms with Gasteiger partial charge >= 0.3 is 0 Å². The zero-order chi connectivity index (χ0) is 22.9. The van der Waals surface area contributed by atoms with Crippen LogP contribution in [-0.4, -0.2) is 59.8 Å². The number of carbonyl (C=O) groups is 2. The van der Waals surface area contributed by atoms with E-state index in [0.717, 1.165) is 44.6 Å². The summed E-state index contributed by atoms with van der Waals surface area (Å²) in [7, 11) is 0. The van der Waals surface area contributed by atoms with E-state index in [2.05, 4.69) is 29.2 Å². The Bertz CT molecular complexity index is 879. The lowest BCUT2D eigenvalue weighted by molar-refractivity contribution is -0.133. The van der Waals surface area contributed by atoms with Gasteiger partial charge in [-0.05, 0) is 44.2 Å². The minimum Gasteiger partial charge on any atom is -0.375 e. The number of amides is 1. The fraction of sp³-hybridized carbons (Fsp3) is 0.500. The first-order chi connectivity index (χ1) is 16.2. The number of benzene rings is 2. The molecule has 0 bridgehead atoms. The number of ether oxygens (including phenoxy) is 1. The Morgan fingerprint density at radius 1 is 0.848 bits per heavy atom. The first-order valence-corrected chi connectivity index (χ1v) is 12.4. The third-order valence-electron chi connectivity index (χ3n) is 7.02. The van der Waals surface area contributed by atoms with Crippen molar-refractivity contribution in [1.29, 1.82) is 0 Å². The Morgan fingerprint density at radius 3 is 2.27 bits per heavy atom. The maximum atomic E-state index is 12.7. The van der Waals surface area contributed by atoms with Crippen molar-refractivity contribution in [3.05, 3.63) is 71.8 Å². The number of Topliss-reactive ketones (excluding diaryl/α,β-unsaturated/α-hetero) is 1. The smallest absolute Gasteiger partial charge is 0.222 e. The van der Waals surface area contributed by atoms with Gasteiger partial charge in [0.15, 0.2) is 5.78 Å². The van der Waals surface area contributed by atoms with Gasteiger partial charge in [-0.15, -0.1) is 0 Å². The van der Waals surface area contributed by atoms with Crippen molar-refractivity contribution < 1.29 is 14.3 Å². The van der Waals surface area contributed by atoms with Crippen molar-refractivity contribution in [2.75, 3.05) is 26.2 Å². The molecule has 4 rings (SSSR count). The van der Waals surface area contributed by atoms with E-state index in [-0.39, 0.29) is 11.7 Å². The molecule has 5 heteroatoms. The fourth-order valence-corrected chi connectivity index (χ4v) is 5.18. The maximum Gasteiger partial charge on any atom is 0.222 e. The molecule has 0 aromatic heterocycles. The number of piperidine rings is 1. The van der Waals surface area contributed by atoms with Gasteiger partial charge in [-0.1, -0.05) is 60.7 Å². The molecular weight excluding hydrogens is 412 g/mol. The van der Waals surface area contributed by atoms with E-state index in [0.29, 0.717) is 38.0 Å². The number of rotatable bonds is 10. The van der Waals surface area contributed by atoms with Gasteiger partial charge in [0.1, 0.15) is 0 Å². The predicted molar refractivity (Wildman–Crippen MR) is 130 cm³/mol. The average Bonchev–Trinajstić information content (AvgIpc) is 3.34. The van der Waals surface area contributed by atoms with Gasteiger partial charge in [0.25, 0.3) is 0 Å². The molecule has 0 aliphatic carbocycles. The van der Waals surface area contributed by atoms with Crippen molar-refractivity contribution in [2.24, 2.45) is 0 Å². The third-order valence-corrected chi connectivity index (χ3v) is 7.02. The highest BCUT2D eigenvalue weighted by Gasteiger charge is 2.33. The second kappa shape index (κ2) is 12.1. The van der Waals surface area contributed by atoms with Crippen LogP contribution >= 0.6 is 0 Å². The van der Waals surface area contributed by atoms with Gasteiger partial charge in [-0.3, -0.25) is 14.5 Å². The molecule has 0 radical (unpaired) electrons. The van der Waals surface area contributed by atoms with Gasteiger partial charge in [0.05, 0.1) is 13.2 Å². The highest BCUT2D eigenvalue weighted by molar-refractivity contribution is 5.96. The van der Waals surface area contributed by atoms with Crippen LogP contribution in [0.5, 0.6) is 0 Å². The zero-order valence-electron chi connectivity index (χ0n) is 19.5. The summed E-state index contributed by atoms with van der Waals surface area (Å²) in [5, 5.41) is 0. The molecule has 2 aromatic rings. The van der Waals surface area contributed by atoms with E-state index < -0.39 is 0 Å². The van der Waals surface area contributed by atoms with Crippen LogP contribution < -0.4 is 0 Å². The molecule has 0 saturated carbocycles. The van der Waals surface area contributed by atoms with Crippen LogP contribution in [0.2, 0.25) is 0 Å². The van der Waals surface area contributed by atoms with E-state index >= 15 is 0 Å². The Hall–Kier alpha value is -2.50. The highest BCUT2D eigenvalue weighted by atomic mass is 16.5. The van der Waals surface area contributed by atoms with Crippen molar-refractivity contribution >= 4 is 11.7 Å². The standard InChI is InChI=1S/C28H36N2O3/c31-27(24-11-5-2-6-12-24)14-7-15-28(32)29-19-16-25(17-20-29)30-18-8-13-26(30)22-33-21-23-9-3-1-4-10-23/h1-6,9-12,25-26H,7-8,13-22H2. The number of nitrogens with zero attached hydrogens (tertiary/aromatic N) is 2. The Kier molecular flexibility index (Phi) is 8.67. The topological polar surface area (TPSA) is 49.9 Å². The van der Waals surface area contributed by atoms with E-state index in [9.17, 15) is 9.59 Å². The summed E-state index contributed by atoms with van der Waals surface area (Å²) < 4.78 is 6.05. The number of ketones is 1. The summed E-state index contributed by atoms with van der Waals surface area (Å²) in [6, 6.07) is 20.7. The fourth-order valence-electron chi connectivity index (χ4n) is 5.18. The molecule has 0 N–H and O–H groups in total. The molecule has 33 heavy (non-hydrogen) atoms. The summed E-state index contributed by atoms with van der Waals surface area (Å²) in [5.41, 5.74) is 1.96. The van der Waals surface area contributed by atoms with Crippen LogP contribution in [0, 0.1) is 0 Å². The number of hydrogen-bond donors (Lipinski definition) is 0. The van der Waals surface area contributed by atoms with Crippen molar-refractivity contribution in [2.45, 2.75) is 63.6 Å². The second-order valence-electron chi connectivity index (χ2n) is 9.29. The molecule has 1 atom stereocenters. The first-order valence-electron chi connectivity index (χ1n) is 12.4. The monoisotopic (exact) mass is 448 g/mol. The zero-order valence-corrected chi connectivity index (χ0v) is 19.5. The molecular formula is C28H36N2O3. The molecule has 0 spiro atoms. The average molecular weight is 449 g/mol. The number of carbonyl (C=O) groups excluding carboxylic acids is 2. The summed E-state index contributed by atoms with van der Waals surface area (Å²) >= 11 is 0. The highest BCUT2D eigenvalue weighted by Crippen LogP contribution is 2.27. The SMILES string of the molecule is O=C(CCCC(=O)N1CCC(N2CCCC2COCc2ccccc2)CC1)c1ccccc1. The molecule has 2 saturated heterocycles. The van der Waals surface area contributed by atoms with E-state index in [1.807, 2.05) is 41.3 Å². The van der Waals surface area contributed by atoms with Gasteiger partial charge in [-0.25, -0.2) is 0 Å². The third kappa shape index (κ3) is 6.75. The van der Waals surface area contributed by atoms with Crippen molar-refractivity contribution in [1.82, 2.24) is 9.80 Å². The van der Waals surface area contributed by atoms with E-state index in [4.69, 9.17) is 4.74 Å². The molecule has 1 unspecified atom stereocenters. The van der Waals surface area contributed by atoms with Gasteiger partial charge in [0, 0.05) is 43.6 Å². The lowest BCUT2D eigenvalue weighted by Crippen LogP contribution is -2.49. The molecule has 2 aliphatic rings. The van der Waals surface area contributed by atoms with Crippen LogP contribution in [0.4, 0.5) is 0 Å². The minimum atomic E-state index is 0.122. The maximum absolute atomic E-state index is 12.7. The number of hydrogen-bond acceptors (Lipinski definition) is 4. The normalized spacial score (nSPS) is 19.6. The molecule has 5 nitrogen and oxygen atoms in total. The predicted octanol–water partition coefficient (Wildman–Crippen LogP) is 4.71. The van der Waals surface area contributed by atoms with Gasteiger partial charge in [-0.2, -0.15) is 0 Å². The first kappa shape index (κ1) is 23.7. The van der Waals surface area contributed by atoms with Crippen molar-refractivity contribution in [3.63, 3.8) is 0 Å². The molecule has 2 aliphatic heterocycles. The molecule has 2 fully saturated rings. The molecule has 2 aromatic carbocycles. The summed E-state index contributed by atoms with van der Waals surface area (Å²) in [6.45, 7) is 4.24. The largest absolute Gasteiger partial charge is 0.375 e. The molecule has 2 heterocycles. The summed E-state index contributed by atoms with van der Waals surface area (Å²) in [5.74, 6) is 0.315. The molecule has 176 valence electrons. The Labute approximate surface area is 197 Å². The quantitative estimate of drug-likeness (QED) is 0.494. The van der Waals surface area contributed by atoms with Crippen LogP contribution in [0.3, 0.4) is 0 Å². The van der Waals surface area contributed by atoms with Gasteiger partial charge in [0.2, 0.25) is 5.91 Å². The van der Waals surface area contributed by atoms with E-state index in [1.165, 1.54) is 18.4 Å². The minimum absolute atomic E-state index is 0.122. The summed E-state index contributed by atoms with van der Waals surface area (Å²) in [6.07, 6.45) is 6.01. The lowest BCUT2D eigenvalue weighted by Gasteiger charge is -2.39. The summed E-state index contributed by atoms with van der Waals surface area (Å²) in [4.78, 5) is 29.5. The second-order valence-corrected chi connectivity index (χ2v) is 9.29. The van der Waals surface area contributed by atoms with Crippen LogP contribution in [0.25, 0.3) is 0 Å². The van der Waals surface area contributed by atoms with Crippen LogP contribution in [0.15, 0.2) is 60.7 Å². The van der Waals surface area contributed by atoms with Gasteiger partial charge < -0.3 is 9.64 Å². The molecule has 1 amide bonds. The van der Waals surface area contributed by atoms with Crippen LogP contribution in [0.1, 0.15) is 60.9 Å². The Morgan fingerprint density at radius 2 is 1.55 bits per heavy atom. The van der Waals surface area contributed by atoms with E-state index in [1.54, 1.807) is 0 Å². The van der Waals surface area contributed by atoms with Crippen molar-refractivity contribution in [3.8, 4) is 0 Å². The lowest BCUT2D eigenvalue weighted by atomic mass is 10.0.